The zero-order valence-corrected chi connectivity index (χ0v) is 14.0. The third-order valence-corrected chi connectivity index (χ3v) is 4.58. The molecule has 23 heavy (non-hydrogen) atoms. The Morgan fingerprint density at radius 1 is 1.30 bits per heavy atom. The second-order valence-corrected chi connectivity index (χ2v) is 6.34. The van der Waals surface area contributed by atoms with E-state index in [4.69, 9.17) is 0 Å². The molecular formula is C18H27N3O2. The lowest BCUT2D eigenvalue weighted by Gasteiger charge is -2.28. The van der Waals surface area contributed by atoms with Crippen LogP contribution in [0.15, 0.2) is 24.3 Å². The molecule has 2 amide bonds. The molecule has 0 radical (unpaired) electrons. The number of hydrogen-bond donors (Lipinski definition) is 3. The van der Waals surface area contributed by atoms with Crippen LogP contribution in [0, 0.1) is 11.8 Å². The molecule has 2 unspecified atom stereocenters. The van der Waals surface area contributed by atoms with Crippen molar-refractivity contribution in [2.75, 3.05) is 20.1 Å². The minimum atomic E-state index is -0.101. The van der Waals surface area contributed by atoms with Crippen molar-refractivity contribution in [3.05, 3.63) is 35.4 Å². The van der Waals surface area contributed by atoms with Gasteiger partial charge < -0.3 is 16.0 Å². The van der Waals surface area contributed by atoms with E-state index in [1.807, 2.05) is 12.1 Å². The SMILES string of the molecule is CNC(=O)c1ccc(CNC(=O)CC(C)C2CCCNC2)cc1. The Hall–Kier alpha value is -1.88. The van der Waals surface area contributed by atoms with Crippen molar-refractivity contribution in [2.24, 2.45) is 11.8 Å². The third-order valence-electron chi connectivity index (χ3n) is 4.58. The Morgan fingerprint density at radius 2 is 2.04 bits per heavy atom. The van der Waals surface area contributed by atoms with Crippen molar-refractivity contribution < 1.29 is 9.59 Å². The molecule has 0 spiro atoms. The molecule has 5 heteroatoms. The molecule has 0 saturated carbocycles. The molecule has 1 aliphatic heterocycles. The second-order valence-electron chi connectivity index (χ2n) is 6.34. The molecule has 3 N–H and O–H groups in total. The van der Waals surface area contributed by atoms with Gasteiger partial charge in [-0.15, -0.1) is 0 Å². The van der Waals surface area contributed by atoms with Gasteiger partial charge in [0.05, 0.1) is 0 Å². The molecule has 0 aromatic heterocycles. The molecule has 1 aromatic rings. The summed E-state index contributed by atoms with van der Waals surface area (Å²) in [4.78, 5) is 23.6. The summed E-state index contributed by atoms with van der Waals surface area (Å²) in [5.74, 6) is 0.994. The average Bonchev–Trinajstić information content (AvgIpc) is 2.60. The summed E-state index contributed by atoms with van der Waals surface area (Å²) >= 11 is 0. The first-order valence-corrected chi connectivity index (χ1v) is 8.38. The van der Waals surface area contributed by atoms with E-state index in [-0.39, 0.29) is 11.8 Å². The number of hydrogen-bond acceptors (Lipinski definition) is 3. The van der Waals surface area contributed by atoms with Crippen molar-refractivity contribution in [1.29, 1.82) is 0 Å². The molecule has 0 aliphatic carbocycles. The van der Waals surface area contributed by atoms with Crippen molar-refractivity contribution >= 4 is 11.8 Å². The zero-order valence-electron chi connectivity index (χ0n) is 14.0. The molecule has 2 atom stereocenters. The van der Waals surface area contributed by atoms with E-state index in [1.165, 1.54) is 12.8 Å². The quantitative estimate of drug-likeness (QED) is 0.748. The standard InChI is InChI=1S/C18H27N3O2/c1-13(16-4-3-9-20-12-16)10-17(22)21-11-14-5-7-15(8-6-14)18(23)19-2/h5-8,13,16,20H,3-4,9-12H2,1-2H3,(H,19,23)(H,21,22). The van der Waals surface area contributed by atoms with Gasteiger partial charge in [-0.25, -0.2) is 0 Å². The highest BCUT2D eigenvalue weighted by Gasteiger charge is 2.21. The molecule has 0 bridgehead atoms. The van der Waals surface area contributed by atoms with Gasteiger partial charge in [0.2, 0.25) is 5.91 Å². The van der Waals surface area contributed by atoms with E-state index < -0.39 is 0 Å². The normalized spacial score (nSPS) is 19.0. The van der Waals surface area contributed by atoms with Crippen LogP contribution in [0.2, 0.25) is 0 Å². The monoisotopic (exact) mass is 317 g/mol. The van der Waals surface area contributed by atoms with Crippen LogP contribution in [0.4, 0.5) is 0 Å². The average molecular weight is 317 g/mol. The lowest BCUT2D eigenvalue weighted by atomic mass is 9.85. The lowest BCUT2D eigenvalue weighted by Crippen LogP contribution is -2.35. The minimum absolute atomic E-state index is 0.0958. The van der Waals surface area contributed by atoms with E-state index in [2.05, 4.69) is 22.9 Å². The van der Waals surface area contributed by atoms with Gasteiger partial charge in [-0.1, -0.05) is 19.1 Å². The van der Waals surface area contributed by atoms with Crippen LogP contribution >= 0.6 is 0 Å². The first kappa shape index (κ1) is 17.5. The Morgan fingerprint density at radius 3 is 2.65 bits per heavy atom. The zero-order chi connectivity index (χ0) is 16.7. The maximum atomic E-state index is 12.1. The summed E-state index contributed by atoms with van der Waals surface area (Å²) in [6.07, 6.45) is 2.99. The maximum absolute atomic E-state index is 12.1. The van der Waals surface area contributed by atoms with Crippen LogP contribution in [0.1, 0.15) is 42.1 Å². The first-order chi connectivity index (χ1) is 11.1. The Balaban J connectivity index is 1.76. The van der Waals surface area contributed by atoms with Gasteiger partial charge >= 0.3 is 0 Å². The summed E-state index contributed by atoms with van der Waals surface area (Å²) in [6.45, 7) is 4.79. The van der Waals surface area contributed by atoms with Gasteiger partial charge in [0, 0.05) is 25.6 Å². The number of carbonyl (C=O) groups excluding carboxylic acids is 2. The molecule has 1 fully saturated rings. The number of piperidine rings is 1. The van der Waals surface area contributed by atoms with Gasteiger partial charge in [0.1, 0.15) is 0 Å². The molecular weight excluding hydrogens is 290 g/mol. The lowest BCUT2D eigenvalue weighted by molar-refractivity contribution is -0.122. The predicted molar refractivity (Wildman–Crippen MR) is 91.1 cm³/mol. The van der Waals surface area contributed by atoms with E-state index in [9.17, 15) is 9.59 Å². The van der Waals surface area contributed by atoms with E-state index in [0.717, 1.165) is 18.7 Å². The van der Waals surface area contributed by atoms with Crippen LogP contribution in [0.25, 0.3) is 0 Å². The van der Waals surface area contributed by atoms with Crippen LogP contribution in [0.5, 0.6) is 0 Å². The summed E-state index contributed by atoms with van der Waals surface area (Å²) in [5, 5.41) is 8.96. The highest BCUT2D eigenvalue weighted by atomic mass is 16.2. The molecule has 1 aliphatic rings. The third kappa shape index (κ3) is 5.36. The Labute approximate surface area is 138 Å². The van der Waals surface area contributed by atoms with Crippen molar-refractivity contribution in [2.45, 2.75) is 32.7 Å². The number of rotatable bonds is 6. The van der Waals surface area contributed by atoms with Crippen LogP contribution in [-0.4, -0.2) is 32.0 Å². The Bertz CT molecular complexity index is 522. The fraction of sp³-hybridized carbons (Fsp3) is 0.556. The smallest absolute Gasteiger partial charge is 0.251 e. The number of benzene rings is 1. The van der Waals surface area contributed by atoms with Crippen LogP contribution in [0.3, 0.4) is 0 Å². The Kier molecular flexibility index (Phi) is 6.59. The molecule has 126 valence electrons. The highest BCUT2D eigenvalue weighted by Crippen LogP contribution is 2.22. The fourth-order valence-electron chi connectivity index (χ4n) is 3.01. The molecule has 1 heterocycles. The van der Waals surface area contributed by atoms with Gasteiger partial charge in [0.25, 0.3) is 5.91 Å². The largest absolute Gasteiger partial charge is 0.355 e. The van der Waals surface area contributed by atoms with Crippen LogP contribution < -0.4 is 16.0 Å². The summed E-state index contributed by atoms with van der Waals surface area (Å²) in [7, 11) is 1.61. The van der Waals surface area contributed by atoms with Crippen molar-refractivity contribution in [1.82, 2.24) is 16.0 Å². The molecule has 1 aromatic carbocycles. The molecule has 2 rings (SSSR count). The molecule has 1 saturated heterocycles. The number of nitrogens with one attached hydrogen (secondary N) is 3. The van der Waals surface area contributed by atoms with Crippen LogP contribution in [-0.2, 0) is 11.3 Å². The second kappa shape index (κ2) is 8.67. The highest BCUT2D eigenvalue weighted by molar-refractivity contribution is 5.93. The number of amides is 2. The van der Waals surface area contributed by atoms with E-state index in [1.54, 1.807) is 19.2 Å². The minimum Gasteiger partial charge on any atom is -0.355 e. The van der Waals surface area contributed by atoms with Gasteiger partial charge in [-0.3, -0.25) is 9.59 Å². The van der Waals surface area contributed by atoms with E-state index in [0.29, 0.717) is 30.4 Å². The fourth-order valence-corrected chi connectivity index (χ4v) is 3.01. The number of carbonyl (C=O) groups is 2. The predicted octanol–water partition coefficient (Wildman–Crippen LogP) is 1.69. The maximum Gasteiger partial charge on any atom is 0.251 e. The first-order valence-electron chi connectivity index (χ1n) is 8.38. The molecule has 5 nitrogen and oxygen atoms in total. The van der Waals surface area contributed by atoms with Gasteiger partial charge in [-0.2, -0.15) is 0 Å². The van der Waals surface area contributed by atoms with Gasteiger partial charge in [0.15, 0.2) is 0 Å². The summed E-state index contributed by atoms with van der Waals surface area (Å²) in [6, 6.07) is 7.30. The summed E-state index contributed by atoms with van der Waals surface area (Å²) in [5.41, 5.74) is 1.62. The van der Waals surface area contributed by atoms with Gasteiger partial charge in [-0.05, 0) is 55.5 Å². The van der Waals surface area contributed by atoms with Crippen molar-refractivity contribution in [3.8, 4) is 0 Å². The van der Waals surface area contributed by atoms with Crippen molar-refractivity contribution in [3.63, 3.8) is 0 Å². The topological polar surface area (TPSA) is 70.2 Å². The van der Waals surface area contributed by atoms with E-state index >= 15 is 0 Å². The summed E-state index contributed by atoms with van der Waals surface area (Å²) < 4.78 is 0.